The van der Waals surface area contributed by atoms with Crippen LogP contribution in [0, 0.1) is 6.92 Å². The molecule has 0 radical (unpaired) electrons. The highest BCUT2D eigenvalue weighted by Crippen LogP contribution is 2.23. The van der Waals surface area contributed by atoms with Gasteiger partial charge in [0.25, 0.3) is 0 Å². The van der Waals surface area contributed by atoms with Crippen molar-refractivity contribution in [1.29, 1.82) is 0 Å². The van der Waals surface area contributed by atoms with Crippen molar-refractivity contribution in [1.82, 2.24) is 9.78 Å². The molecule has 0 aliphatic carbocycles. The molecule has 1 aromatic carbocycles. The summed E-state index contributed by atoms with van der Waals surface area (Å²) in [6, 6.07) is 6.15. The van der Waals surface area contributed by atoms with E-state index in [1.165, 1.54) is 16.8 Å². The molecule has 0 spiro atoms. The third-order valence-corrected chi connectivity index (χ3v) is 4.20. The van der Waals surface area contributed by atoms with Gasteiger partial charge in [-0.2, -0.15) is 5.10 Å². The van der Waals surface area contributed by atoms with Gasteiger partial charge in [-0.25, -0.2) is 0 Å². The van der Waals surface area contributed by atoms with Crippen LogP contribution in [0.2, 0.25) is 5.02 Å². The second-order valence-corrected chi connectivity index (χ2v) is 5.64. The Morgan fingerprint density at radius 1 is 1.20 bits per heavy atom. The van der Waals surface area contributed by atoms with Crippen LogP contribution in [0.25, 0.3) is 0 Å². The van der Waals surface area contributed by atoms with Gasteiger partial charge in [-0.3, -0.25) is 4.68 Å². The Hall–Kier alpha value is -0.990. The normalized spacial score (nSPS) is 11.1. The van der Waals surface area contributed by atoms with Gasteiger partial charge in [-0.15, -0.1) is 11.6 Å². The van der Waals surface area contributed by atoms with Gasteiger partial charge in [-0.05, 0) is 37.0 Å². The Morgan fingerprint density at radius 2 is 1.95 bits per heavy atom. The van der Waals surface area contributed by atoms with Gasteiger partial charge in [0, 0.05) is 16.3 Å². The minimum Gasteiger partial charge on any atom is -0.265 e. The fourth-order valence-corrected chi connectivity index (χ4v) is 3.10. The molecule has 20 heavy (non-hydrogen) atoms. The molecular formula is C16H20Cl2N2. The molecule has 0 saturated carbocycles. The van der Waals surface area contributed by atoms with Gasteiger partial charge in [0.1, 0.15) is 0 Å². The summed E-state index contributed by atoms with van der Waals surface area (Å²) in [4.78, 5) is 0. The summed E-state index contributed by atoms with van der Waals surface area (Å²) in [5.74, 6) is 0.522. The van der Waals surface area contributed by atoms with Crippen LogP contribution in [0.1, 0.15) is 41.9 Å². The van der Waals surface area contributed by atoms with Crippen LogP contribution in [0.15, 0.2) is 18.2 Å². The lowest BCUT2D eigenvalue weighted by Crippen LogP contribution is -2.07. The van der Waals surface area contributed by atoms with E-state index in [0.717, 1.165) is 29.1 Å². The molecule has 0 bridgehead atoms. The molecule has 1 aromatic heterocycles. The first kappa shape index (κ1) is 15.4. The fraction of sp³-hybridized carbons (Fsp3) is 0.438. The molecule has 2 rings (SSSR count). The summed E-state index contributed by atoms with van der Waals surface area (Å²) in [6.07, 6.45) is 1.84. The van der Waals surface area contributed by atoms with Crippen LogP contribution in [0.3, 0.4) is 0 Å². The van der Waals surface area contributed by atoms with E-state index in [2.05, 4.69) is 26.0 Å². The molecular weight excluding hydrogens is 291 g/mol. The van der Waals surface area contributed by atoms with Crippen molar-refractivity contribution in [2.45, 2.75) is 46.0 Å². The molecule has 0 atom stereocenters. The summed E-state index contributed by atoms with van der Waals surface area (Å²) in [6.45, 7) is 6.99. The first-order chi connectivity index (χ1) is 9.60. The molecule has 0 saturated heterocycles. The quantitative estimate of drug-likeness (QED) is 0.728. The minimum atomic E-state index is 0.522. The lowest BCUT2D eigenvalue weighted by atomic mass is 10.1. The van der Waals surface area contributed by atoms with Crippen molar-refractivity contribution in [3.63, 3.8) is 0 Å². The van der Waals surface area contributed by atoms with Crippen molar-refractivity contribution in [3.8, 4) is 0 Å². The monoisotopic (exact) mass is 310 g/mol. The summed E-state index contributed by atoms with van der Waals surface area (Å²) in [5.41, 5.74) is 5.76. The molecule has 108 valence electrons. The Morgan fingerprint density at radius 3 is 2.50 bits per heavy atom. The molecule has 2 aromatic rings. The lowest BCUT2D eigenvalue weighted by Gasteiger charge is -2.09. The zero-order chi connectivity index (χ0) is 14.7. The van der Waals surface area contributed by atoms with Crippen molar-refractivity contribution in [2.75, 3.05) is 0 Å². The van der Waals surface area contributed by atoms with Gasteiger partial charge in [0.2, 0.25) is 0 Å². The number of hydrogen-bond donors (Lipinski definition) is 0. The summed E-state index contributed by atoms with van der Waals surface area (Å²) in [5, 5.41) is 5.50. The second kappa shape index (κ2) is 6.64. The third-order valence-electron chi connectivity index (χ3n) is 3.58. The Balaban J connectivity index is 2.40. The van der Waals surface area contributed by atoms with Gasteiger partial charge >= 0.3 is 0 Å². The molecule has 0 fully saturated rings. The predicted molar refractivity (Wildman–Crippen MR) is 85.8 cm³/mol. The van der Waals surface area contributed by atoms with Gasteiger partial charge in [0.15, 0.2) is 0 Å². The largest absolute Gasteiger partial charge is 0.265 e. The highest BCUT2D eigenvalue weighted by atomic mass is 35.5. The highest BCUT2D eigenvalue weighted by Gasteiger charge is 2.15. The first-order valence-corrected chi connectivity index (χ1v) is 7.90. The van der Waals surface area contributed by atoms with Crippen molar-refractivity contribution >= 4 is 23.2 Å². The smallest absolute Gasteiger partial charge is 0.0677 e. The number of halogens is 2. The summed E-state index contributed by atoms with van der Waals surface area (Å²) >= 11 is 12.4. The van der Waals surface area contributed by atoms with E-state index in [1.807, 2.05) is 17.7 Å². The Labute approximate surface area is 130 Å². The lowest BCUT2D eigenvalue weighted by molar-refractivity contribution is 0.640. The number of rotatable bonds is 5. The van der Waals surface area contributed by atoms with Gasteiger partial charge in [0.05, 0.1) is 18.1 Å². The second-order valence-electron chi connectivity index (χ2n) is 4.97. The third kappa shape index (κ3) is 3.02. The van der Waals surface area contributed by atoms with Crippen LogP contribution in [0.5, 0.6) is 0 Å². The number of nitrogens with zero attached hydrogens (tertiary/aromatic N) is 2. The van der Waals surface area contributed by atoms with E-state index in [4.69, 9.17) is 28.3 Å². The minimum absolute atomic E-state index is 0.522. The van der Waals surface area contributed by atoms with E-state index in [0.29, 0.717) is 12.4 Å². The van der Waals surface area contributed by atoms with Crippen molar-refractivity contribution in [3.05, 3.63) is 51.3 Å². The maximum Gasteiger partial charge on any atom is 0.0677 e. The number of hydrogen-bond acceptors (Lipinski definition) is 1. The molecule has 0 aliphatic rings. The van der Waals surface area contributed by atoms with Gasteiger partial charge < -0.3 is 0 Å². The highest BCUT2D eigenvalue weighted by molar-refractivity contribution is 6.31. The predicted octanol–water partition coefficient (Wildman–Crippen LogP) is 4.76. The van der Waals surface area contributed by atoms with Gasteiger partial charge in [-0.1, -0.05) is 37.6 Å². The van der Waals surface area contributed by atoms with Crippen LogP contribution in [-0.2, 0) is 25.3 Å². The first-order valence-electron chi connectivity index (χ1n) is 6.99. The summed E-state index contributed by atoms with van der Waals surface area (Å²) < 4.78 is 2.05. The number of alkyl halides is 1. The summed E-state index contributed by atoms with van der Waals surface area (Å²) in [7, 11) is 0. The van der Waals surface area contributed by atoms with Crippen LogP contribution >= 0.6 is 23.2 Å². The maximum absolute atomic E-state index is 6.32. The van der Waals surface area contributed by atoms with Crippen LogP contribution in [0.4, 0.5) is 0 Å². The van der Waals surface area contributed by atoms with E-state index < -0.39 is 0 Å². The maximum atomic E-state index is 6.32. The molecule has 0 unspecified atom stereocenters. The SMILES string of the molecule is CCc1nn(Cc2ccc(C)cc2Cl)c(CC)c1CCl. The van der Waals surface area contributed by atoms with E-state index in [9.17, 15) is 0 Å². The topological polar surface area (TPSA) is 17.8 Å². The number of benzene rings is 1. The Bertz CT molecular complexity index is 603. The zero-order valence-corrected chi connectivity index (χ0v) is 13.7. The average Bonchev–Trinajstić information content (AvgIpc) is 2.78. The standard InChI is InChI=1S/C16H20Cl2N2/c1-4-15-13(9-17)16(5-2)20(19-15)10-12-7-6-11(3)8-14(12)18/h6-8H,4-5,9-10H2,1-3H3. The number of aromatic nitrogens is 2. The van der Waals surface area contributed by atoms with E-state index in [-0.39, 0.29) is 0 Å². The van der Waals surface area contributed by atoms with E-state index in [1.54, 1.807) is 0 Å². The zero-order valence-electron chi connectivity index (χ0n) is 12.2. The van der Waals surface area contributed by atoms with Crippen LogP contribution < -0.4 is 0 Å². The Kier molecular flexibility index (Phi) is 5.11. The van der Waals surface area contributed by atoms with Crippen molar-refractivity contribution in [2.24, 2.45) is 0 Å². The van der Waals surface area contributed by atoms with Crippen molar-refractivity contribution < 1.29 is 0 Å². The molecule has 2 nitrogen and oxygen atoms in total. The number of aryl methyl sites for hydroxylation is 2. The molecule has 1 heterocycles. The average molecular weight is 311 g/mol. The molecule has 0 N–H and O–H groups in total. The molecule has 4 heteroatoms. The van der Waals surface area contributed by atoms with Crippen LogP contribution in [-0.4, -0.2) is 9.78 Å². The molecule has 0 amide bonds. The molecule has 0 aliphatic heterocycles. The van der Waals surface area contributed by atoms with E-state index >= 15 is 0 Å². The fourth-order valence-electron chi connectivity index (χ4n) is 2.50.